The SMILES string of the molecule is CC(Oc1ccc(O)cc1)C(=O)NC1CCN(C(=O)c2ccc(Cl)c(Cl)c2)CC1. The summed E-state index contributed by atoms with van der Waals surface area (Å²) in [6, 6.07) is 11.0. The first-order valence-corrected chi connectivity index (χ1v) is 10.1. The quantitative estimate of drug-likeness (QED) is 0.744. The third-order valence-electron chi connectivity index (χ3n) is 4.81. The highest BCUT2D eigenvalue weighted by Gasteiger charge is 2.26. The fourth-order valence-corrected chi connectivity index (χ4v) is 3.44. The molecule has 2 N–H and O–H groups in total. The van der Waals surface area contributed by atoms with Crippen molar-refractivity contribution in [3.63, 3.8) is 0 Å². The van der Waals surface area contributed by atoms with Gasteiger partial charge in [0, 0.05) is 24.7 Å². The van der Waals surface area contributed by atoms with E-state index in [1.54, 1.807) is 42.2 Å². The lowest BCUT2D eigenvalue weighted by molar-refractivity contribution is -0.128. The summed E-state index contributed by atoms with van der Waals surface area (Å²) in [6.07, 6.45) is 0.644. The number of nitrogens with zero attached hydrogens (tertiary/aromatic N) is 1. The Morgan fingerprint density at radius 3 is 2.38 bits per heavy atom. The van der Waals surface area contributed by atoms with E-state index < -0.39 is 6.10 Å². The number of piperidine rings is 1. The van der Waals surface area contributed by atoms with Gasteiger partial charge >= 0.3 is 0 Å². The van der Waals surface area contributed by atoms with Crippen LogP contribution >= 0.6 is 23.2 Å². The number of carbonyl (C=O) groups is 2. The smallest absolute Gasteiger partial charge is 0.260 e. The normalized spacial score (nSPS) is 15.6. The van der Waals surface area contributed by atoms with E-state index in [1.807, 2.05) is 0 Å². The predicted octanol–water partition coefficient (Wildman–Crippen LogP) is 3.89. The van der Waals surface area contributed by atoms with Crippen molar-refractivity contribution in [3.8, 4) is 11.5 Å². The molecule has 1 saturated heterocycles. The van der Waals surface area contributed by atoms with Crippen LogP contribution in [0.3, 0.4) is 0 Å². The third kappa shape index (κ3) is 5.55. The number of hydrogen-bond acceptors (Lipinski definition) is 4. The number of rotatable bonds is 5. The van der Waals surface area contributed by atoms with Crippen LogP contribution in [-0.2, 0) is 4.79 Å². The van der Waals surface area contributed by atoms with Crippen molar-refractivity contribution < 1.29 is 19.4 Å². The molecule has 1 heterocycles. The fraction of sp³-hybridized carbons (Fsp3) is 0.333. The number of phenolic OH excluding ortho intramolecular Hbond substituents is 1. The molecule has 8 heteroatoms. The Balaban J connectivity index is 1.48. The van der Waals surface area contributed by atoms with Crippen LogP contribution in [0.2, 0.25) is 10.0 Å². The highest BCUT2D eigenvalue weighted by atomic mass is 35.5. The zero-order valence-corrected chi connectivity index (χ0v) is 17.4. The van der Waals surface area contributed by atoms with Crippen LogP contribution in [0.25, 0.3) is 0 Å². The number of phenols is 1. The number of halogens is 2. The Hall–Kier alpha value is -2.44. The lowest BCUT2D eigenvalue weighted by Crippen LogP contribution is -2.49. The Labute approximate surface area is 179 Å². The second-order valence-electron chi connectivity index (χ2n) is 6.96. The number of benzene rings is 2. The summed E-state index contributed by atoms with van der Waals surface area (Å²) in [7, 11) is 0. The van der Waals surface area contributed by atoms with Crippen LogP contribution in [0.1, 0.15) is 30.1 Å². The van der Waals surface area contributed by atoms with Crippen molar-refractivity contribution >= 4 is 35.0 Å². The zero-order valence-electron chi connectivity index (χ0n) is 15.9. The highest BCUT2D eigenvalue weighted by molar-refractivity contribution is 6.42. The Morgan fingerprint density at radius 2 is 1.76 bits per heavy atom. The number of hydrogen-bond donors (Lipinski definition) is 2. The van der Waals surface area contributed by atoms with Crippen LogP contribution in [0.15, 0.2) is 42.5 Å². The Bertz CT molecular complexity index is 881. The van der Waals surface area contributed by atoms with Gasteiger partial charge in [-0.2, -0.15) is 0 Å². The number of carbonyl (C=O) groups excluding carboxylic acids is 2. The molecule has 2 aromatic carbocycles. The first-order valence-electron chi connectivity index (χ1n) is 9.34. The standard InChI is InChI=1S/C21H22Cl2N2O4/c1-13(29-17-5-3-16(26)4-6-17)20(27)24-15-8-10-25(11-9-15)21(28)14-2-7-18(22)19(23)12-14/h2-7,12-13,15,26H,8-11H2,1H3,(H,24,27). The minimum absolute atomic E-state index is 0.0220. The number of aromatic hydroxyl groups is 1. The van der Waals surface area contributed by atoms with E-state index in [9.17, 15) is 14.7 Å². The molecule has 1 fully saturated rings. The summed E-state index contributed by atoms with van der Waals surface area (Å²) >= 11 is 11.9. The van der Waals surface area contributed by atoms with E-state index in [1.165, 1.54) is 12.1 Å². The molecule has 2 aromatic rings. The maximum Gasteiger partial charge on any atom is 0.260 e. The molecule has 6 nitrogen and oxygen atoms in total. The Kier molecular flexibility index (Phi) is 6.87. The van der Waals surface area contributed by atoms with Crippen molar-refractivity contribution in [1.82, 2.24) is 10.2 Å². The second kappa shape index (κ2) is 9.37. The van der Waals surface area contributed by atoms with E-state index in [0.29, 0.717) is 47.3 Å². The lowest BCUT2D eigenvalue weighted by atomic mass is 10.0. The number of amides is 2. The largest absolute Gasteiger partial charge is 0.508 e. The van der Waals surface area contributed by atoms with Crippen LogP contribution in [0.5, 0.6) is 11.5 Å². The predicted molar refractivity (Wildman–Crippen MR) is 112 cm³/mol. The van der Waals surface area contributed by atoms with Crippen LogP contribution < -0.4 is 10.1 Å². The average Bonchev–Trinajstić information content (AvgIpc) is 2.71. The van der Waals surface area contributed by atoms with E-state index in [4.69, 9.17) is 27.9 Å². The van der Waals surface area contributed by atoms with E-state index in [-0.39, 0.29) is 23.6 Å². The van der Waals surface area contributed by atoms with Gasteiger partial charge in [0.15, 0.2) is 6.10 Å². The zero-order chi connectivity index (χ0) is 21.0. The fourth-order valence-electron chi connectivity index (χ4n) is 3.14. The molecule has 0 radical (unpaired) electrons. The van der Waals surface area contributed by atoms with Crippen LogP contribution in [0.4, 0.5) is 0 Å². The van der Waals surface area contributed by atoms with Gasteiger partial charge in [-0.3, -0.25) is 9.59 Å². The molecule has 0 saturated carbocycles. The van der Waals surface area contributed by atoms with Gasteiger partial charge in [-0.15, -0.1) is 0 Å². The number of ether oxygens (including phenoxy) is 1. The molecule has 3 rings (SSSR count). The first kappa shape index (κ1) is 21.3. The summed E-state index contributed by atoms with van der Waals surface area (Å²) in [5.41, 5.74) is 0.498. The van der Waals surface area contributed by atoms with Gasteiger partial charge in [-0.25, -0.2) is 0 Å². The molecule has 0 aliphatic carbocycles. The summed E-state index contributed by atoms with van der Waals surface area (Å²) in [4.78, 5) is 26.8. The van der Waals surface area contributed by atoms with E-state index in [2.05, 4.69) is 5.32 Å². The van der Waals surface area contributed by atoms with Gasteiger partial charge < -0.3 is 20.1 Å². The molecule has 0 aromatic heterocycles. The summed E-state index contributed by atoms with van der Waals surface area (Å²) in [6.45, 7) is 2.75. The van der Waals surface area contributed by atoms with Crippen LogP contribution in [0, 0.1) is 0 Å². The minimum Gasteiger partial charge on any atom is -0.508 e. The molecule has 2 amide bonds. The minimum atomic E-state index is -0.671. The van der Waals surface area contributed by atoms with Crippen molar-refractivity contribution in [1.29, 1.82) is 0 Å². The molecule has 1 aliphatic heterocycles. The molecular formula is C21H22Cl2N2O4. The lowest BCUT2D eigenvalue weighted by Gasteiger charge is -2.33. The monoisotopic (exact) mass is 436 g/mol. The average molecular weight is 437 g/mol. The molecule has 1 unspecified atom stereocenters. The van der Waals surface area contributed by atoms with Crippen molar-refractivity contribution in [3.05, 3.63) is 58.1 Å². The summed E-state index contributed by atoms with van der Waals surface area (Å²) in [5.74, 6) is 0.328. The summed E-state index contributed by atoms with van der Waals surface area (Å²) < 4.78 is 5.60. The molecule has 0 bridgehead atoms. The molecule has 29 heavy (non-hydrogen) atoms. The van der Waals surface area contributed by atoms with Gasteiger partial charge in [0.05, 0.1) is 10.0 Å². The second-order valence-corrected chi connectivity index (χ2v) is 7.77. The Morgan fingerprint density at radius 1 is 1.10 bits per heavy atom. The van der Waals surface area contributed by atoms with Gasteiger partial charge in [0.2, 0.25) is 0 Å². The number of likely N-dealkylation sites (tertiary alicyclic amines) is 1. The van der Waals surface area contributed by atoms with E-state index >= 15 is 0 Å². The van der Waals surface area contributed by atoms with Crippen molar-refractivity contribution in [2.24, 2.45) is 0 Å². The third-order valence-corrected chi connectivity index (χ3v) is 5.55. The maximum atomic E-state index is 12.6. The van der Waals surface area contributed by atoms with Gasteiger partial charge in [0.25, 0.3) is 11.8 Å². The topological polar surface area (TPSA) is 78.9 Å². The maximum absolute atomic E-state index is 12.6. The molecule has 1 aliphatic rings. The van der Waals surface area contributed by atoms with Crippen molar-refractivity contribution in [2.45, 2.75) is 31.9 Å². The molecular weight excluding hydrogens is 415 g/mol. The van der Waals surface area contributed by atoms with Gasteiger partial charge in [-0.05, 0) is 62.2 Å². The molecule has 0 spiro atoms. The van der Waals surface area contributed by atoms with Crippen molar-refractivity contribution in [2.75, 3.05) is 13.1 Å². The first-order chi connectivity index (χ1) is 13.8. The molecule has 154 valence electrons. The van der Waals surface area contributed by atoms with Gasteiger partial charge in [0.1, 0.15) is 11.5 Å². The van der Waals surface area contributed by atoms with Gasteiger partial charge in [-0.1, -0.05) is 23.2 Å². The highest BCUT2D eigenvalue weighted by Crippen LogP contribution is 2.24. The number of nitrogens with one attached hydrogen (secondary N) is 1. The summed E-state index contributed by atoms with van der Waals surface area (Å²) in [5, 5.41) is 13.0. The van der Waals surface area contributed by atoms with E-state index in [0.717, 1.165) is 0 Å². The molecule has 1 atom stereocenters. The van der Waals surface area contributed by atoms with Crippen LogP contribution in [-0.4, -0.2) is 47.1 Å².